The summed E-state index contributed by atoms with van der Waals surface area (Å²) < 4.78 is 0. The molecule has 2 N–H and O–H groups in total. The molecule has 28 heavy (non-hydrogen) atoms. The minimum absolute atomic E-state index is 0.192. The average molecular weight is 438 g/mol. The summed E-state index contributed by atoms with van der Waals surface area (Å²) in [6.07, 6.45) is -1.18. The Bertz CT molecular complexity index is 633. The lowest BCUT2D eigenvalue weighted by molar-refractivity contribution is -1.12. The maximum Gasteiger partial charge on any atom is 0.397 e. The summed E-state index contributed by atoms with van der Waals surface area (Å²) in [6.45, 7) is 0. The Morgan fingerprint density at radius 3 is 1.29 bits per heavy atom. The van der Waals surface area contributed by atoms with Crippen molar-refractivity contribution in [1.29, 1.82) is 0 Å². The normalized spacial score (nSPS) is 20.5. The quantitative estimate of drug-likeness (QED) is 0.165. The smallest absolute Gasteiger partial charge is 0.245 e. The van der Waals surface area contributed by atoms with Crippen LogP contribution in [0.5, 0.6) is 0 Å². The first-order valence-electron chi connectivity index (χ1n) is 8.16. The van der Waals surface area contributed by atoms with Gasteiger partial charge in [-0.05, 0) is 0 Å². The van der Waals surface area contributed by atoms with Crippen LogP contribution in [0.1, 0.15) is 38.5 Å². The zero-order valence-electron chi connectivity index (χ0n) is 14.5. The molecule has 2 heterocycles. The van der Waals surface area contributed by atoms with E-state index in [1.54, 1.807) is 0 Å². The van der Waals surface area contributed by atoms with Crippen molar-refractivity contribution in [1.82, 2.24) is 0 Å². The van der Waals surface area contributed by atoms with Gasteiger partial charge in [-0.1, -0.05) is 21.6 Å². The van der Waals surface area contributed by atoms with Gasteiger partial charge in [0.05, 0.1) is 38.5 Å². The highest BCUT2D eigenvalue weighted by atomic mass is 33.1. The molecule has 0 aromatic rings. The zero-order chi connectivity index (χ0) is 20.9. The molecule has 2 rings (SSSR count). The molecule has 0 atom stereocenters. The second-order valence-corrected chi connectivity index (χ2v) is 8.50. The molecule has 12 nitrogen and oxygen atoms in total. The first-order chi connectivity index (χ1) is 13.1. The van der Waals surface area contributed by atoms with Crippen LogP contribution in [0.2, 0.25) is 0 Å². The van der Waals surface area contributed by atoms with E-state index in [2.05, 4.69) is 9.68 Å². The number of carbonyl (C=O) groups is 6. The van der Waals surface area contributed by atoms with Crippen molar-refractivity contribution >= 4 is 57.2 Å². The number of quaternary nitrogens is 2. The molecule has 0 bridgehead atoms. The lowest BCUT2D eigenvalue weighted by Crippen LogP contribution is -2.50. The van der Waals surface area contributed by atoms with Crippen LogP contribution in [-0.2, 0) is 38.4 Å². The van der Waals surface area contributed by atoms with Gasteiger partial charge in [0.2, 0.25) is 0 Å². The van der Waals surface area contributed by atoms with Crippen LogP contribution in [0.25, 0.3) is 0 Å². The van der Waals surface area contributed by atoms with E-state index in [1.165, 1.54) is 21.6 Å². The highest BCUT2D eigenvalue weighted by Gasteiger charge is 2.56. The highest BCUT2D eigenvalue weighted by Crippen LogP contribution is 2.26. The van der Waals surface area contributed by atoms with Gasteiger partial charge in [0.1, 0.15) is 9.62 Å². The predicted molar refractivity (Wildman–Crippen MR) is 88.9 cm³/mol. The Morgan fingerprint density at radius 1 is 0.714 bits per heavy atom. The number of carbonyl (C=O) groups excluding carboxylic acids is 6. The van der Waals surface area contributed by atoms with E-state index in [4.69, 9.17) is 0 Å². The molecule has 0 spiro atoms. The monoisotopic (exact) mass is 438 g/mol. The van der Waals surface area contributed by atoms with Crippen molar-refractivity contribution < 1.29 is 58.5 Å². The lowest BCUT2D eigenvalue weighted by Gasteiger charge is -2.15. The first kappa shape index (κ1) is 22.4. The number of rotatable bonds is 9. The van der Waals surface area contributed by atoms with E-state index in [9.17, 15) is 39.2 Å². The number of amides is 4. The summed E-state index contributed by atoms with van der Waals surface area (Å²) in [5, 5.41) is 19.5. The number of hydrogen-bond acceptors (Lipinski definition) is 12. The fourth-order valence-corrected chi connectivity index (χ4v) is 4.21. The Labute approximate surface area is 166 Å². The summed E-state index contributed by atoms with van der Waals surface area (Å²) in [5.41, 5.74) is 0. The molecular weight excluding hydrogens is 420 g/mol. The van der Waals surface area contributed by atoms with Crippen molar-refractivity contribution in [3.8, 4) is 0 Å². The summed E-state index contributed by atoms with van der Waals surface area (Å²) in [4.78, 5) is 74.1. The fourth-order valence-electron chi connectivity index (χ4n) is 2.27. The molecule has 2 fully saturated rings. The second-order valence-electron chi connectivity index (χ2n) is 5.80. The Balaban J connectivity index is 1.60. The van der Waals surface area contributed by atoms with E-state index < -0.39 is 45.2 Å². The first-order valence-corrected chi connectivity index (χ1v) is 10.6. The van der Waals surface area contributed by atoms with Crippen LogP contribution >= 0.6 is 21.6 Å². The van der Waals surface area contributed by atoms with Crippen molar-refractivity contribution in [2.24, 2.45) is 0 Å². The summed E-state index contributed by atoms with van der Waals surface area (Å²) in [7, 11) is 2.35. The standard InChI is InChI=1S/C14H18N2O10S2/c17-9-1-2-10(18)15(9,23)25-13(21)5-7-27-28-8-6-14(22)26-16(24)11(19)3-4-12(16)20/h23-24H,1-8H2/q+2. The van der Waals surface area contributed by atoms with Crippen molar-refractivity contribution in [3.05, 3.63) is 0 Å². The number of imide groups is 2. The van der Waals surface area contributed by atoms with Crippen LogP contribution in [-0.4, -0.2) is 67.1 Å². The van der Waals surface area contributed by atoms with E-state index in [-0.39, 0.29) is 50.0 Å². The van der Waals surface area contributed by atoms with Crippen molar-refractivity contribution in [3.63, 3.8) is 0 Å². The highest BCUT2D eigenvalue weighted by molar-refractivity contribution is 8.76. The van der Waals surface area contributed by atoms with Crippen LogP contribution in [0, 0.1) is 0 Å². The van der Waals surface area contributed by atoms with Crippen molar-refractivity contribution in [2.45, 2.75) is 38.5 Å². The van der Waals surface area contributed by atoms with Gasteiger partial charge in [0.15, 0.2) is 0 Å². The van der Waals surface area contributed by atoms with Crippen molar-refractivity contribution in [2.75, 3.05) is 11.5 Å². The maximum absolute atomic E-state index is 11.6. The minimum Gasteiger partial charge on any atom is -0.245 e. The molecular formula is C14H18N2O10S2+2. The van der Waals surface area contributed by atoms with Gasteiger partial charge in [0, 0.05) is 11.5 Å². The number of hydroxylamine groups is 8. The summed E-state index contributed by atoms with van der Waals surface area (Å²) >= 11 is 0. The third-order valence-corrected chi connectivity index (χ3v) is 6.20. The second kappa shape index (κ2) is 9.11. The topological polar surface area (TPSA) is 161 Å². The van der Waals surface area contributed by atoms with Crippen LogP contribution in [0.4, 0.5) is 0 Å². The van der Waals surface area contributed by atoms with Crippen LogP contribution in [0.15, 0.2) is 0 Å². The van der Waals surface area contributed by atoms with Gasteiger partial charge in [-0.2, -0.15) is 10.4 Å². The van der Waals surface area contributed by atoms with Gasteiger partial charge in [-0.25, -0.2) is 38.4 Å². The van der Waals surface area contributed by atoms with E-state index in [1.807, 2.05) is 0 Å². The zero-order valence-corrected chi connectivity index (χ0v) is 16.2. The molecule has 0 saturated carbocycles. The van der Waals surface area contributed by atoms with Gasteiger partial charge in [-0.15, -0.1) is 0 Å². The summed E-state index contributed by atoms with van der Waals surface area (Å²) in [6, 6.07) is 0. The number of nitrogens with zero attached hydrogens (tertiary/aromatic N) is 2. The Hall–Kier alpha value is -1.84. The van der Waals surface area contributed by atoms with Gasteiger partial charge in [0.25, 0.3) is 0 Å². The van der Waals surface area contributed by atoms with E-state index in [0.29, 0.717) is 0 Å². The van der Waals surface area contributed by atoms with Gasteiger partial charge < -0.3 is 0 Å². The largest absolute Gasteiger partial charge is 0.397 e. The van der Waals surface area contributed by atoms with Crippen LogP contribution < -0.4 is 0 Å². The minimum atomic E-state index is -1.96. The molecule has 0 aromatic carbocycles. The Morgan fingerprint density at radius 2 is 1.00 bits per heavy atom. The lowest BCUT2D eigenvalue weighted by atomic mass is 10.4. The summed E-state index contributed by atoms with van der Waals surface area (Å²) in [5.74, 6) is -5.07. The maximum atomic E-state index is 11.6. The molecule has 0 aromatic heterocycles. The molecule has 154 valence electrons. The van der Waals surface area contributed by atoms with Crippen LogP contribution in [0.3, 0.4) is 0 Å². The fraction of sp³-hybridized carbons (Fsp3) is 0.571. The van der Waals surface area contributed by atoms with Gasteiger partial charge in [-0.3, -0.25) is 0 Å². The van der Waals surface area contributed by atoms with E-state index >= 15 is 0 Å². The molecule has 4 amide bonds. The van der Waals surface area contributed by atoms with Gasteiger partial charge >= 0.3 is 35.6 Å². The molecule has 0 radical (unpaired) electrons. The molecule has 2 saturated heterocycles. The molecule has 0 unspecified atom stereocenters. The molecule has 2 aliphatic heterocycles. The number of hydrogen-bond donors (Lipinski definition) is 2. The Kier molecular flexibility index (Phi) is 7.30. The third-order valence-electron chi connectivity index (χ3n) is 3.79. The molecule has 14 heteroatoms. The average Bonchev–Trinajstić information content (AvgIpc) is 3.02. The molecule has 2 aliphatic rings. The molecule has 0 aliphatic carbocycles. The third kappa shape index (κ3) is 4.95. The van der Waals surface area contributed by atoms with E-state index in [0.717, 1.165) is 0 Å². The predicted octanol–water partition coefficient (Wildman–Crippen LogP) is 0.170. The SMILES string of the molecule is O=C(CCSSCCC(=O)O[N+]1(O)C(=O)CCC1=O)O[N+]1(O)C(=O)CCC1=O.